The Kier molecular flexibility index (Phi) is 4.90. The van der Waals surface area contributed by atoms with E-state index in [1.807, 2.05) is 24.0 Å². The number of benzene rings is 1. The predicted octanol–water partition coefficient (Wildman–Crippen LogP) is 2.48. The summed E-state index contributed by atoms with van der Waals surface area (Å²) >= 11 is 0. The number of nitrogens with zero attached hydrogens (tertiary/aromatic N) is 1. The third-order valence-electron chi connectivity index (χ3n) is 5.22. The fourth-order valence-corrected chi connectivity index (χ4v) is 3.56. The van der Waals surface area contributed by atoms with Crippen molar-refractivity contribution in [2.75, 3.05) is 18.4 Å². The van der Waals surface area contributed by atoms with Crippen LogP contribution in [0.25, 0.3) is 0 Å². The van der Waals surface area contributed by atoms with Crippen LogP contribution in [0.4, 0.5) is 5.69 Å². The molecule has 0 bridgehead atoms. The van der Waals surface area contributed by atoms with E-state index in [0.717, 1.165) is 48.7 Å². The molecule has 0 aliphatic carbocycles. The molecule has 2 heterocycles. The first kappa shape index (κ1) is 17.0. The number of hydrogen-bond donors (Lipinski definition) is 2. The maximum atomic E-state index is 12.6. The first-order valence-corrected chi connectivity index (χ1v) is 8.91. The summed E-state index contributed by atoms with van der Waals surface area (Å²) in [6.45, 7) is 7.99. The Labute approximate surface area is 143 Å². The summed E-state index contributed by atoms with van der Waals surface area (Å²) < 4.78 is 0. The van der Waals surface area contributed by atoms with Crippen LogP contribution in [0.5, 0.6) is 0 Å². The highest BCUT2D eigenvalue weighted by Gasteiger charge is 2.26. The van der Waals surface area contributed by atoms with E-state index in [9.17, 15) is 9.59 Å². The van der Waals surface area contributed by atoms with E-state index >= 15 is 0 Å². The Bertz CT molecular complexity index is 635. The molecule has 2 atom stereocenters. The number of hydrogen-bond acceptors (Lipinski definition) is 3. The highest BCUT2D eigenvalue weighted by molar-refractivity contribution is 5.99. The maximum absolute atomic E-state index is 12.6. The van der Waals surface area contributed by atoms with Gasteiger partial charge in [-0.25, -0.2) is 0 Å². The average Bonchev–Trinajstić information content (AvgIpc) is 2.93. The van der Waals surface area contributed by atoms with E-state index in [4.69, 9.17) is 0 Å². The summed E-state index contributed by atoms with van der Waals surface area (Å²) in [7, 11) is 0. The van der Waals surface area contributed by atoms with Gasteiger partial charge in [0.25, 0.3) is 0 Å². The van der Waals surface area contributed by atoms with Gasteiger partial charge in [0.15, 0.2) is 0 Å². The Hall–Kier alpha value is -1.88. The van der Waals surface area contributed by atoms with Crippen LogP contribution in [0.15, 0.2) is 18.2 Å². The van der Waals surface area contributed by atoms with Crippen LogP contribution in [0.3, 0.4) is 0 Å². The van der Waals surface area contributed by atoms with Gasteiger partial charge in [0.2, 0.25) is 11.8 Å². The van der Waals surface area contributed by atoms with Crippen molar-refractivity contribution in [1.29, 1.82) is 0 Å². The van der Waals surface area contributed by atoms with Crippen molar-refractivity contribution in [2.24, 2.45) is 5.92 Å². The lowest BCUT2D eigenvalue weighted by Crippen LogP contribution is -2.48. The zero-order valence-electron chi connectivity index (χ0n) is 14.8. The van der Waals surface area contributed by atoms with Crippen LogP contribution >= 0.6 is 0 Å². The van der Waals surface area contributed by atoms with E-state index in [1.165, 1.54) is 0 Å². The Morgan fingerprint density at radius 2 is 2.00 bits per heavy atom. The number of carbonyl (C=O) groups is 2. The molecule has 1 saturated heterocycles. The molecule has 2 aliphatic heterocycles. The van der Waals surface area contributed by atoms with Crippen LogP contribution in [0.1, 0.15) is 50.8 Å². The molecule has 2 amide bonds. The molecular weight excluding hydrogens is 302 g/mol. The van der Waals surface area contributed by atoms with Crippen molar-refractivity contribution in [3.05, 3.63) is 29.3 Å². The number of amides is 2. The fourth-order valence-electron chi connectivity index (χ4n) is 3.56. The number of rotatable bonds is 4. The number of carbonyl (C=O) groups excluding carboxylic acids is 2. The zero-order chi connectivity index (χ0) is 17.3. The summed E-state index contributed by atoms with van der Waals surface area (Å²) in [6, 6.07) is 5.88. The van der Waals surface area contributed by atoms with Crippen molar-refractivity contribution in [3.63, 3.8) is 0 Å². The molecule has 0 radical (unpaired) electrons. The molecule has 0 unspecified atom stereocenters. The van der Waals surface area contributed by atoms with Crippen LogP contribution in [-0.4, -0.2) is 35.8 Å². The standard InChI is InChI=1S/C19H27N3O2/c1-12-6-8-22(9-7-12)19(24)14(3)20-13(2)15-4-5-17-16(10-15)11-18(23)21-17/h4-5,10,12-14,20H,6-9,11H2,1-3H3,(H,21,23)/t13-,14+/m0/s1. The predicted molar refractivity (Wildman–Crippen MR) is 94.8 cm³/mol. The number of anilines is 1. The van der Waals surface area contributed by atoms with Crippen molar-refractivity contribution in [3.8, 4) is 0 Å². The van der Waals surface area contributed by atoms with Gasteiger partial charge in [0.1, 0.15) is 0 Å². The molecule has 0 aromatic heterocycles. The van der Waals surface area contributed by atoms with Gasteiger partial charge in [-0.05, 0) is 49.8 Å². The number of likely N-dealkylation sites (tertiary alicyclic amines) is 1. The van der Waals surface area contributed by atoms with Gasteiger partial charge in [0, 0.05) is 24.8 Å². The summed E-state index contributed by atoms with van der Waals surface area (Å²) in [4.78, 5) is 26.1. The van der Waals surface area contributed by atoms with Gasteiger partial charge in [-0.15, -0.1) is 0 Å². The lowest BCUT2D eigenvalue weighted by molar-refractivity contribution is -0.134. The Morgan fingerprint density at radius 1 is 1.29 bits per heavy atom. The molecule has 24 heavy (non-hydrogen) atoms. The zero-order valence-corrected chi connectivity index (χ0v) is 14.8. The third-order valence-corrected chi connectivity index (χ3v) is 5.22. The first-order valence-electron chi connectivity index (χ1n) is 8.91. The molecular formula is C19H27N3O2. The average molecular weight is 329 g/mol. The minimum atomic E-state index is -0.207. The summed E-state index contributed by atoms with van der Waals surface area (Å²) in [5.74, 6) is 0.955. The molecule has 130 valence electrons. The fraction of sp³-hybridized carbons (Fsp3) is 0.579. The quantitative estimate of drug-likeness (QED) is 0.892. The summed E-state index contributed by atoms with van der Waals surface area (Å²) in [5, 5.41) is 6.26. The van der Waals surface area contributed by atoms with E-state index in [0.29, 0.717) is 6.42 Å². The Morgan fingerprint density at radius 3 is 2.71 bits per heavy atom. The van der Waals surface area contributed by atoms with Crippen molar-refractivity contribution < 1.29 is 9.59 Å². The summed E-state index contributed by atoms with van der Waals surface area (Å²) in [6.07, 6.45) is 2.63. The maximum Gasteiger partial charge on any atom is 0.239 e. The van der Waals surface area contributed by atoms with Crippen LogP contribution in [0.2, 0.25) is 0 Å². The van der Waals surface area contributed by atoms with E-state index in [-0.39, 0.29) is 23.9 Å². The lowest BCUT2D eigenvalue weighted by atomic mass is 9.98. The van der Waals surface area contributed by atoms with Crippen LogP contribution in [-0.2, 0) is 16.0 Å². The van der Waals surface area contributed by atoms with E-state index in [1.54, 1.807) is 0 Å². The third kappa shape index (κ3) is 3.61. The van der Waals surface area contributed by atoms with Crippen LogP contribution in [0, 0.1) is 5.92 Å². The molecule has 2 aliphatic rings. The molecule has 1 aromatic carbocycles. The van der Waals surface area contributed by atoms with E-state index < -0.39 is 0 Å². The van der Waals surface area contributed by atoms with Crippen molar-refractivity contribution >= 4 is 17.5 Å². The first-order chi connectivity index (χ1) is 11.4. The van der Waals surface area contributed by atoms with Crippen LogP contribution < -0.4 is 10.6 Å². The highest BCUT2D eigenvalue weighted by Crippen LogP contribution is 2.26. The normalized spacial score (nSPS) is 20.5. The monoisotopic (exact) mass is 329 g/mol. The largest absolute Gasteiger partial charge is 0.341 e. The molecule has 5 nitrogen and oxygen atoms in total. The summed E-state index contributed by atoms with van der Waals surface area (Å²) in [5.41, 5.74) is 3.05. The molecule has 5 heteroatoms. The van der Waals surface area contributed by atoms with Gasteiger partial charge in [-0.3, -0.25) is 14.9 Å². The second-order valence-corrected chi connectivity index (χ2v) is 7.26. The van der Waals surface area contributed by atoms with Gasteiger partial charge < -0.3 is 10.2 Å². The van der Waals surface area contributed by atoms with Crippen molar-refractivity contribution in [1.82, 2.24) is 10.2 Å². The molecule has 1 aromatic rings. The second-order valence-electron chi connectivity index (χ2n) is 7.26. The lowest BCUT2D eigenvalue weighted by Gasteiger charge is -2.33. The van der Waals surface area contributed by atoms with Gasteiger partial charge in [-0.2, -0.15) is 0 Å². The van der Waals surface area contributed by atoms with Gasteiger partial charge in [0.05, 0.1) is 12.5 Å². The SMILES string of the molecule is CC1CCN(C(=O)[C@@H](C)N[C@@H](C)c2ccc3c(c2)CC(=O)N3)CC1. The number of piperidine rings is 1. The second kappa shape index (κ2) is 6.93. The molecule has 1 fully saturated rings. The Balaban J connectivity index is 1.60. The molecule has 0 spiro atoms. The smallest absolute Gasteiger partial charge is 0.239 e. The highest BCUT2D eigenvalue weighted by atomic mass is 16.2. The number of nitrogens with one attached hydrogen (secondary N) is 2. The van der Waals surface area contributed by atoms with Gasteiger partial charge >= 0.3 is 0 Å². The van der Waals surface area contributed by atoms with Crippen molar-refractivity contribution in [2.45, 2.75) is 52.1 Å². The topological polar surface area (TPSA) is 61.4 Å². The minimum Gasteiger partial charge on any atom is -0.341 e. The van der Waals surface area contributed by atoms with E-state index in [2.05, 4.69) is 30.5 Å². The molecule has 2 N–H and O–H groups in total. The molecule has 0 saturated carbocycles. The number of fused-ring (bicyclic) bond motifs is 1. The minimum absolute atomic E-state index is 0.0469. The van der Waals surface area contributed by atoms with Gasteiger partial charge in [-0.1, -0.05) is 19.1 Å². The molecule has 3 rings (SSSR count).